The molecule has 2 saturated carbocycles. The summed E-state index contributed by atoms with van der Waals surface area (Å²) in [5.41, 5.74) is 5.71. The van der Waals surface area contributed by atoms with Crippen molar-refractivity contribution < 1.29 is 9.26 Å². The fraction of sp³-hybridized carbons (Fsp3) is 0.833. The summed E-state index contributed by atoms with van der Waals surface area (Å²) in [4.78, 5) is 4.35. The molecule has 1 heterocycles. The lowest BCUT2D eigenvalue weighted by atomic mass is 10.1. The van der Waals surface area contributed by atoms with Gasteiger partial charge in [0, 0.05) is 5.92 Å². The minimum Gasteiger partial charge on any atom is -0.368 e. The van der Waals surface area contributed by atoms with Gasteiger partial charge in [-0.25, -0.2) is 0 Å². The molecule has 2 fully saturated rings. The van der Waals surface area contributed by atoms with E-state index >= 15 is 0 Å². The molecular weight excluding hydrogens is 218 g/mol. The minimum absolute atomic E-state index is 0.274. The van der Waals surface area contributed by atoms with Crippen LogP contribution in [0.5, 0.6) is 0 Å². The second-order valence-electron chi connectivity index (χ2n) is 5.10. The Balaban J connectivity index is 1.52. The molecule has 2 aliphatic rings. The van der Waals surface area contributed by atoms with Gasteiger partial charge >= 0.3 is 0 Å². The van der Waals surface area contributed by atoms with Gasteiger partial charge in [-0.3, -0.25) is 0 Å². The highest BCUT2D eigenvalue weighted by Gasteiger charge is 2.30. The van der Waals surface area contributed by atoms with E-state index in [0.717, 1.165) is 12.2 Å². The van der Waals surface area contributed by atoms with Crippen molar-refractivity contribution in [2.45, 2.75) is 50.7 Å². The number of rotatable bonds is 5. The minimum atomic E-state index is 0.274. The summed E-state index contributed by atoms with van der Waals surface area (Å²) in [5, 5.41) is 3.97. The molecule has 0 amide bonds. The number of aromatic nitrogens is 2. The van der Waals surface area contributed by atoms with Crippen molar-refractivity contribution in [3.8, 4) is 0 Å². The molecule has 0 aromatic carbocycles. The van der Waals surface area contributed by atoms with Crippen molar-refractivity contribution in [3.63, 3.8) is 0 Å². The Labute approximate surface area is 101 Å². The monoisotopic (exact) mass is 237 g/mol. The van der Waals surface area contributed by atoms with E-state index in [1.165, 1.54) is 25.7 Å². The fourth-order valence-electron chi connectivity index (χ4n) is 2.50. The first kappa shape index (κ1) is 11.2. The molecule has 0 aliphatic heterocycles. The van der Waals surface area contributed by atoms with Crippen LogP contribution in [0.25, 0.3) is 0 Å². The van der Waals surface area contributed by atoms with Crippen LogP contribution in [0.1, 0.15) is 49.7 Å². The second kappa shape index (κ2) is 4.74. The molecule has 17 heavy (non-hydrogen) atoms. The van der Waals surface area contributed by atoms with Crippen molar-refractivity contribution in [3.05, 3.63) is 11.7 Å². The summed E-state index contributed by atoms with van der Waals surface area (Å²) in [6, 6.07) is 0. The third-order valence-corrected chi connectivity index (χ3v) is 3.74. The zero-order valence-electron chi connectivity index (χ0n) is 9.97. The van der Waals surface area contributed by atoms with Crippen LogP contribution < -0.4 is 5.73 Å². The maximum absolute atomic E-state index is 5.83. The number of ether oxygens (including phenoxy) is 1. The van der Waals surface area contributed by atoms with Crippen LogP contribution in [0, 0.1) is 5.92 Å². The molecule has 3 rings (SSSR count). The van der Waals surface area contributed by atoms with E-state index in [1.54, 1.807) is 0 Å². The molecule has 0 saturated heterocycles. The van der Waals surface area contributed by atoms with Gasteiger partial charge in [-0.15, -0.1) is 0 Å². The van der Waals surface area contributed by atoms with E-state index in [4.69, 9.17) is 15.0 Å². The van der Waals surface area contributed by atoms with Crippen molar-refractivity contribution in [1.29, 1.82) is 0 Å². The van der Waals surface area contributed by atoms with Crippen LogP contribution in [0.2, 0.25) is 0 Å². The molecule has 0 radical (unpaired) electrons. The summed E-state index contributed by atoms with van der Waals surface area (Å²) in [6.07, 6.45) is 6.15. The largest absolute Gasteiger partial charge is 0.368 e. The summed E-state index contributed by atoms with van der Waals surface area (Å²) in [6.45, 7) is 1.14. The molecule has 1 aromatic rings. The Morgan fingerprint density at radius 2 is 2.18 bits per heavy atom. The first-order valence-electron chi connectivity index (χ1n) is 6.51. The molecule has 2 atom stereocenters. The molecule has 2 aliphatic carbocycles. The van der Waals surface area contributed by atoms with Crippen LogP contribution in [-0.2, 0) is 11.3 Å². The molecule has 94 valence electrons. The molecule has 0 spiro atoms. The maximum Gasteiger partial charge on any atom is 0.252 e. The second-order valence-corrected chi connectivity index (χ2v) is 5.10. The normalized spacial score (nSPS) is 28.8. The third-order valence-electron chi connectivity index (χ3n) is 3.74. The van der Waals surface area contributed by atoms with E-state index in [0.29, 0.717) is 30.9 Å². The number of hydrogen-bond donors (Lipinski definition) is 1. The molecule has 2 N–H and O–H groups in total. The highest BCUT2D eigenvalue weighted by molar-refractivity contribution is 5.03. The summed E-state index contributed by atoms with van der Waals surface area (Å²) in [5.74, 6) is 2.50. The predicted octanol–water partition coefficient (Wildman–Crippen LogP) is 1.59. The molecule has 5 nitrogen and oxygen atoms in total. The van der Waals surface area contributed by atoms with Crippen molar-refractivity contribution in [2.75, 3.05) is 6.54 Å². The van der Waals surface area contributed by atoms with Crippen molar-refractivity contribution >= 4 is 0 Å². The highest BCUT2D eigenvalue weighted by atomic mass is 16.5. The van der Waals surface area contributed by atoms with E-state index in [2.05, 4.69) is 10.1 Å². The first-order chi connectivity index (χ1) is 8.36. The lowest BCUT2D eigenvalue weighted by Crippen LogP contribution is -2.25. The Kier molecular flexibility index (Phi) is 3.11. The maximum atomic E-state index is 5.83. The topological polar surface area (TPSA) is 74.2 Å². The van der Waals surface area contributed by atoms with Gasteiger partial charge in [-0.2, -0.15) is 4.98 Å². The molecule has 1 aromatic heterocycles. The summed E-state index contributed by atoms with van der Waals surface area (Å²) < 4.78 is 11.0. The van der Waals surface area contributed by atoms with Crippen molar-refractivity contribution in [2.24, 2.45) is 11.7 Å². The van der Waals surface area contributed by atoms with Crippen molar-refractivity contribution in [1.82, 2.24) is 10.1 Å². The average molecular weight is 237 g/mol. The van der Waals surface area contributed by atoms with Gasteiger partial charge < -0.3 is 15.0 Å². The molecule has 0 bridgehead atoms. The fourth-order valence-corrected chi connectivity index (χ4v) is 2.50. The van der Waals surface area contributed by atoms with E-state index in [-0.39, 0.29) is 6.10 Å². The smallest absolute Gasteiger partial charge is 0.252 e. The van der Waals surface area contributed by atoms with Gasteiger partial charge in [0.2, 0.25) is 0 Å². The molecule has 5 heteroatoms. The van der Waals surface area contributed by atoms with Crippen LogP contribution in [0.4, 0.5) is 0 Å². The Hall–Kier alpha value is -0.940. The van der Waals surface area contributed by atoms with Gasteiger partial charge in [0.05, 0.1) is 6.10 Å². The Morgan fingerprint density at radius 3 is 2.94 bits per heavy atom. The number of hydrogen-bond acceptors (Lipinski definition) is 5. The standard InChI is InChI=1S/C12H19N3O2/c13-6-9-2-1-3-10(9)16-7-11-14-12(15-17-11)8-4-5-8/h8-10H,1-7,13H2. The van der Waals surface area contributed by atoms with Gasteiger partial charge in [-0.1, -0.05) is 11.6 Å². The van der Waals surface area contributed by atoms with Crippen LogP contribution in [0.15, 0.2) is 4.52 Å². The zero-order valence-corrected chi connectivity index (χ0v) is 9.97. The van der Waals surface area contributed by atoms with E-state index in [1.807, 2.05) is 0 Å². The van der Waals surface area contributed by atoms with E-state index in [9.17, 15) is 0 Å². The van der Waals surface area contributed by atoms with E-state index < -0.39 is 0 Å². The van der Waals surface area contributed by atoms with Crippen LogP contribution >= 0.6 is 0 Å². The predicted molar refractivity (Wildman–Crippen MR) is 61.2 cm³/mol. The highest BCUT2D eigenvalue weighted by Crippen LogP contribution is 2.38. The van der Waals surface area contributed by atoms with Gasteiger partial charge in [-0.05, 0) is 38.1 Å². The lowest BCUT2D eigenvalue weighted by Gasteiger charge is -2.17. The Morgan fingerprint density at radius 1 is 1.29 bits per heavy atom. The SMILES string of the molecule is NCC1CCCC1OCc1nc(C2CC2)no1. The summed E-state index contributed by atoms with van der Waals surface area (Å²) >= 11 is 0. The average Bonchev–Trinajstić information content (AvgIpc) is 2.93. The number of nitrogens with zero attached hydrogens (tertiary/aromatic N) is 2. The van der Waals surface area contributed by atoms with Gasteiger partial charge in [0.25, 0.3) is 5.89 Å². The quantitative estimate of drug-likeness (QED) is 0.841. The zero-order chi connectivity index (χ0) is 11.7. The molecular formula is C12H19N3O2. The van der Waals surface area contributed by atoms with Gasteiger partial charge in [0.15, 0.2) is 5.82 Å². The molecule has 2 unspecified atom stereocenters. The van der Waals surface area contributed by atoms with Gasteiger partial charge in [0.1, 0.15) is 6.61 Å². The van der Waals surface area contributed by atoms with Crippen LogP contribution in [0.3, 0.4) is 0 Å². The lowest BCUT2D eigenvalue weighted by molar-refractivity contribution is 0.00567. The number of nitrogens with two attached hydrogens (primary N) is 1. The summed E-state index contributed by atoms with van der Waals surface area (Å²) in [7, 11) is 0. The van der Waals surface area contributed by atoms with Crippen LogP contribution in [-0.4, -0.2) is 22.8 Å². The third kappa shape index (κ3) is 2.50. The Bertz CT molecular complexity index is 376. The first-order valence-corrected chi connectivity index (χ1v) is 6.51.